The van der Waals surface area contributed by atoms with Gasteiger partial charge < -0.3 is 8.60 Å². The SMILES string of the molecule is Cc1cc(=O)oc2cc(OS(=O)(=O)O)ccc12.[K+]. The monoisotopic (exact) mass is 295 g/mol. The van der Waals surface area contributed by atoms with Crippen molar-refractivity contribution in [3.8, 4) is 5.75 Å². The van der Waals surface area contributed by atoms with Crippen LogP contribution in [0.4, 0.5) is 0 Å². The van der Waals surface area contributed by atoms with Gasteiger partial charge in [0.25, 0.3) is 0 Å². The fraction of sp³-hybridized carbons (Fsp3) is 0.100. The first-order valence-corrected chi connectivity index (χ1v) is 5.93. The average Bonchev–Trinajstić information content (AvgIpc) is 2.13. The molecule has 2 rings (SSSR count). The zero-order chi connectivity index (χ0) is 12.6. The summed E-state index contributed by atoms with van der Waals surface area (Å²) in [7, 11) is -4.59. The van der Waals surface area contributed by atoms with E-state index in [-0.39, 0.29) is 62.7 Å². The zero-order valence-corrected chi connectivity index (χ0v) is 13.6. The smallest absolute Gasteiger partial charge is 0.423 e. The van der Waals surface area contributed by atoms with Crippen molar-refractivity contribution in [1.82, 2.24) is 0 Å². The summed E-state index contributed by atoms with van der Waals surface area (Å²) in [5.74, 6) is -0.131. The Morgan fingerprint density at radius 1 is 1.28 bits per heavy atom. The minimum atomic E-state index is -4.59. The van der Waals surface area contributed by atoms with E-state index in [2.05, 4.69) is 4.18 Å². The normalized spacial score (nSPS) is 11.0. The number of hydrogen-bond acceptors (Lipinski definition) is 5. The fourth-order valence-corrected chi connectivity index (χ4v) is 1.83. The molecule has 0 fully saturated rings. The second-order valence-corrected chi connectivity index (χ2v) is 4.44. The Morgan fingerprint density at radius 2 is 1.94 bits per heavy atom. The first kappa shape index (κ1) is 15.8. The van der Waals surface area contributed by atoms with Crippen LogP contribution in [0.5, 0.6) is 5.75 Å². The molecule has 0 unspecified atom stereocenters. The van der Waals surface area contributed by atoms with E-state index in [1.165, 1.54) is 24.3 Å². The van der Waals surface area contributed by atoms with Gasteiger partial charge in [0.05, 0.1) is 0 Å². The van der Waals surface area contributed by atoms with Crippen molar-refractivity contribution in [3.63, 3.8) is 0 Å². The summed E-state index contributed by atoms with van der Waals surface area (Å²) in [6, 6.07) is 5.43. The van der Waals surface area contributed by atoms with E-state index >= 15 is 0 Å². The van der Waals surface area contributed by atoms with Crippen molar-refractivity contribution in [2.24, 2.45) is 0 Å². The molecule has 0 amide bonds. The predicted octanol–water partition coefficient (Wildman–Crippen LogP) is -1.71. The first-order valence-electron chi connectivity index (χ1n) is 4.56. The third kappa shape index (κ3) is 3.89. The van der Waals surface area contributed by atoms with Gasteiger partial charge >= 0.3 is 67.4 Å². The van der Waals surface area contributed by atoms with Crippen molar-refractivity contribution in [1.29, 1.82) is 0 Å². The summed E-state index contributed by atoms with van der Waals surface area (Å²) in [5.41, 5.74) is 0.352. The third-order valence-corrected chi connectivity index (χ3v) is 2.53. The molecule has 0 saturated carbocycles. The maximum atomic E-state index is 11.1. The number of rotatable bonds is 2. The van der Waals surface area contributed by atoms with Gasteiger partial charge in [0, 0.05) is 17.5 Å². The molecule has 0 radical (unpaired) electrons. The van der Waals surface area contributed by atoms with E-state index in [0.717, 1.165) is 0 Å². The van der Waals surface area contributed by atoms with Crippen LogP contribution in [0.3, 0.4) is 0 Å². The van der Waals surface area contributed by atoms with E-state index < -0.39 is 16.0 Å². The summed E-state index contributed by atoms with van der Waals surface area (Å²) in [6.45, 7) is 1.72. The Kier molecular flexibility index (Phi) is 5.12. The van der Waals surface area contributed by atoms with Crippen LogP contribution in [0.25, 0.3) is 11.0 Å². The predicted molar refractivity (Wildman–Crippen MR) is 59.4 cm³/mol. The maximum absolute atomic E-state index is 11.1. The molecule has 0 bridgehead atoms. The Bertz CT molecular complexity index is 734. The summed E-state index contributed by atoms with van der Waals surface area (Å²) in [6.07, 6.45) is 0. The minimum Gasteiger partial charge on any atom is -0.423 e. The molecular formula is C10H8KO6S+. The molecule has 0 saturated heterocycles. The van der Waals surface area contributed by atoms with Crippen LogP contribution in [0.1, 0.15) is 5.56 Å². The number of hydrogen-bond donors (Lipinski definition) is 1. The second kappa shape index (κ2) is 5.82. The Morgan fingerprint density at radius 3 is 2.56 bits per heavy atom. The number of benzene rings is 1. The third-order valence-electron chi connectivity index (χ3n) is 2.12. The van der Waals surface area contributed by atoms with E-state index in [0.29, 0.717) is 10.9 Å². The molecule has 0 atom stereocenters. The molecule has 90 valence electrons. The molecule has 1 aromatic heterocycles. The molecule has 0 spiro atoms. The van der Waals surface area contributed by atoms with Crippen LogP contribution in [0.2, 0.25) is 0 Å². The quantitative estimate of drug-likeness (QED) is 0.403. The number of aryl methyl sites for hydroxylation is 1. The van der Waals surface area contributed by atoms with Crippen LogP contribution < -0.4 is 61.2 Å². The van der Waals surface area contributed by atoms with Crippen LogP contribution in [0.15, 0.2) is 33.5 Å². The van der Waals surface area contributed by atoms with Crippen molar-refractivity contribution in [3.05, 3.63) is 40.2 Å². The van der Waals surface area contributed by atoms with Gasteiger partial charge in [-0.15, -0.1) is 0 Å². The Balaban J connectivity index is 0.00000162. The molecular weight excluding hydrogens is 287 g/mol. The van der Waals surface area contributed by atoms with Crippen LogP contribution in [-0.2, 0) is 10.4 Å². The van der Waals surface area contributed by atoms with Gasteiger partial charge in [-0.2, -0.15) is 8.42 Å². The zero-order valence-electron chi connectivity index (χ0n) is 9.71. The second-order valence-electron chi connectivity index (χ2n) is 3.42. The summed E-state index contributed by atoms with van der Waals surface area (Å²) in [4.78, 5) is 11.1. The molecule has 1 aromatic carbocycles. The Labute approximate surface area is 145 Å². The van der Waals surface area contributed by atoms with E-state index in [4.69, 9.17) is 8.97 Å². The molecule has 0 aliphatic carbocycles. The molecule has 0 aliphatic rings. The van der Waals surface area contributed by atoms with E-state index in [1.807, 2.05) is 0 Å². The summed E-state index contributed by atoms with van der Waals surface area (Å²) >= 11 is 0. The van der Waals surface area contributed by atoms with Gasteiger partial charge in [-0.3, -0.25) is 4.55 Å². The molecule has 18 heavy (non-hydrogen) atoms. The maximum Gasteiger partial charge on any atom is 1.00 e. The number of fused-ring (bicyclic) bond motifs is 1. The average molecular weight is 295 g/mol. The molecule has 8 heteroatoms. The van der Waals surface area contributed by atoms with E-state index in [1.54, 1.807) is 6.92 Å². The van der Waals surface area contributed by atoms with Gasteiger partial charge in [0.15, 0.2) is 0 Å². The van der Waals surface area contributed by atoms with Crippen LogP contribution in [0, 0.1) is 6.92 Å². The van der Waals surface area contributed by atoms with Crippen molar-refractivity contribution >= 4 is 21.4 Å². The van der Waals surface area contributed by atoms with Crippen LogP contribution in [-0.4, -0.2) is 13.0 Å². The summed E-state index contributed by atoms with van der Waals surface area (Å²) in [5, 5.41) is 0.660. The van der Waals surface area contributed by atoms with E-state index in [9.17, 15) is 13.2 Å². The largest absolute Gasteiger partial charge is 1.00 e. The van der Waals surface area contributed by atoms with Crippen LogP contribution >= 0.6 is 0 Å². The molecule has 0 aliphatic heterocycles. The fourth-order valence-electron chi connectivity index (χ4n) is 1.48. The van der Waals surface area contributed by atoms with Gasteiger partial charge in [-0.25, -0.2) is 4.79 Å². The van der Waals surface area contributed by atoms with Crippen molar-refractivity contribution in [2.45, 2.75) is 6.92 Å². The first-order chi connectivity index (χ1) is 7.85. The Hall–Kier alpha value is -0.224. The molecule has 1 heterocycles. The topological polar surface area (TPSA) is 93.8 Å². The van der Waals surface area contributed by atoms with Gasteiger partial charge in [0.2, 0.25) is 0 Å². The van der Waals surface area contributed by atoms with Gasteiger partial charge in [-0.05, 0) is 24.6 Å². The molecule has 2 aromatic rings. The van der Waals surface area contributed by atoms with Gasteiger partial charge in [0.1, 0.15) is 11.3 Å². The van der Waals surface area contributed by atoms with Gasteiger partial charge in [-0.1, -0.05) is 0 Å². The standard InChI is InChI=1S/C10H8O6S.K/c1-6-4-10(11)15-9-5-7(2-3-8(6)9)16-17(12,13)14;/h2-5H,1H3,(H,12,13,14);/q;+1. The van der Waals surface area contributed by atoms with Crippen molar-refractivity contribution in [2.75, 3.05) is 0 Å². The van der Waals surface area contributed by atoms with Crippen molar-refractivity contribution < 1.29 is 73.0 Å². The summed E-state index contributed by atoms with van der Waals surface area (Å²) < 4.78 is 38.7. The molecule has 6 nitrogen and oxygen atoms in total. The minimum absolute atomic E-state index is 0. The molecule has 1 N–H and O–H groups in total.